The van der Waals surface area contributed by atoms with Gasteiger partial charge in [-0.3, -0.25) is 0 Å². The summed E-state index contributed by atoms with van der Waals surface area (Å²) >= 11 is 3.57. The van der Waals surface area contributed by atoms with E-state index in [9.17, 15) is 4.39 Å². The third-order valence-corrected chi connectivity index (χ3v) is 4.83. The van der Waals surface area contributed by atoms with Gasteiger partial charge in [0, 0.05) is 10.7 Å². The highest BCUT2D eigenvalue weighted by molar-refractivity contribution is 9.09. The molecule has 0 spiro atoms. The summed E-state index contributed by atoms with van der Waals surface area (Å²) in [5.74, 6) is 0.160. The van der Waals surface area contributed by atoms with Crippen molar-refractivity contribution in [2.45, 2.75) is 32.6 Å². The van der Waals surface area contributed by atoms with Crippen LogP contribution in [0.25, 0.3) is 0 Å². The highest BCUT2D eigenvalue weighted by atomic mass is 79.9. The Balaban J connectivity index is 2.04. The van der Waals surface area contributed by atoms with Crippen LogP contribution in [0, 0.1) is 18.2 Å². The van der Waals surface area contributed by atoms with E-state index in [0.29, 0.717) is 17.9 Å². The molecule has 0 unspecified atom stereocenters. The predicted octanol–water partition coefficient (Wildman–Crippen LogP) is 4.47. The van der Waals surface area contributed by atoms with Crippen molar-refractivity contribution in [2.75, 3.05) is 11.9 Å². The first kappa shape index (κ1) is 12.9. The number of ether oxygens (including phenoxy) is 1. The predicted molar refractivity (Wildman–Crippen MR) is 71.3 cm³/mol. The lowest BCUT2D eigenvalue weighted by atomic mass is 9.90. The molecule has 1 nitrogen and oxygen atoms in total. The fourth-order valence-corrected chi connectivity index (χ4v) is 3.13. The summed E-state index contributed by atoms with van der Waals surface area (Å²) < 4.78 is 19.5. The van der Waals surface area contributed by atoms with Gasteiger partial charge in [-0.2, -0.15) is 0 Å². The van der Waals surface area contributed by atoms with Crippen molar-refractivity contribution in [1.29, 1.82) is 0 Å². The summed E-state index contributed by atoms with van der Waals surface area (Å²) in [6, 6.07) is 5.31. The van der Waals surface area contributed by atoms with Crippen molar-refractivity contribution >= 4 is 15.9 Å². The van der Waals surface area contributed by atoms with Crippen LogP contribution in [-0.2, 0) is 0 Å². The number of halogens is 2. The van der Waals surface area contributed by atoms with Crippen molar-refractivity contribution in [2.24, 2.45) is 5.41 Å². The van der Waals surface area contributed by atoms with Crippen LogP contribution in [0.3, 0.4) is 0 Å². The second-order valence-electron chi connectivity index (χ2n) is 5.02. The van der Waals surface area contributed by atoms with Crippen LogP contribution in [-0.4, -0.2) is 11.9 Å². The molecule has 0 heterocycles. The Bertz CT molecular complexity index is 386. The zero-order valence-corrected chi connectivity index (χ0v) is 11.7. The zero-order chi connectivity index (χ0) is 12.3. The fourth-order valence-electron chi connectivity index (χ4n) is 2.40. The van der Waals surface area contributed by atoms with Crippen molar-refractivity contribution in [3.05, 3.63) is 29.6 Å². The highest BCUT2D eigenvalue weighted by Gasteiger charge is 2.33. The van der Waals surface area contributed by atoms with Crippen LogP contribution in [0.15, 0.2) is 18.2 Å². The summed E-state index contributed by atoms with van der Waals surface area (Å²) in [5.41, 5.74) is 0.845. The van der Waals surface area contributed by atoms with Gasteiger partial charge in [-0.15, -0.1) is 0 Å². The summed E-state index contributed by atoms with van der Waals surface area (Å²) in [6.07, 6.45) is 4.86. The van der Waals surface area contributed by atoms with Crippen LogP contribution < -0.4 is 4.74 Å². The smallest absolute Gasteiger partial charge is 0.167 e. The molecule has 0 atom stereocenters. The van der Waals surface area contributed by atoms with Gasteiger partial charge in [0.2, 0.25) is 0 Å². The molecule has 0 saturated heterocycles. The number of aryl methyl sites for hydroxylation is 1. The molecule has 2 rings (SSSR count). The lowest BCUT2D eigenvalue weighted by Crippen LogP contribution is -2.27. The van der Waals surface area contributed by atoms with Crippen LogP contribution in [0.2, 0.25) is 0 Å². The molecule has 1 fully saturated rings. The lowest BCUT2D eigenvalue weighted by Gasteiger charge is -2.26. The molecule has 0 N–H and O–H groups in total. The molecule has 1 aromatic carbocycles. The second-order valence-corrected chi connectivity index (χ2v) is 5.58. The third-order valence-electron chi connectivity index (χ3n) is 3.64. The Hall–Kier alpha value is -0.570. The molecule has 0 amide bonds. The van der Waals surface area contributed by atoms with Gasteiger partial charge in [0.15, 0.2) is 11.6 Å². The molecule has 0 radical (unpaired) electrons. The first-order valence-corrected chi connectivity index (χ1v) is 7.23. The first-order valence-electron chi connectivity index (χ1n) is 6.11. The molecular weight excluding hydrogens is 283 g/mol. The van der Waals surface area contributed by atoms with Crippen LogP contribution >= 0.6 is 15.9 Å². The molecule has 1 aromatic rings. The molecule has 1 aliphatic carbocycles. The highest BCUT2D eigenvalue weighted by Crippen LogP contribution is 2.40. The molecular formula is C14H18BrFO. The molecule has 0 bridgehead atoms. The van der Waals surface area contributed by atoms with Gasteiger partial charge in [-0.1, -0.05) is 40.9 Å². The minimum Gasteiger partial charge on any atom is -0.490 e. The number of alkyl halides is 1. The fraction of sp³-hybridized carbons (Fsp3) is 0.571. The van der Waals surface area contributed by atoms with Gasteiger partial charge in [-0.05, 0) is 31.4 Å². The molecule has 1 saturated carbocycles. The SMILES string of the molecule is Cc1cccc(OCC2(CBr)CCCC2)c1F. The average molecular weight is 301 g/mol. The molecule has 3 heteroatoms. The van der Waals surface area contributed by atoms with E-state index in [4.69, 9.17) is 4.74 Å². The third kappa shape index (κ3) is 2.82. The largest absolute Gasteiger partial charge is 0.490 e. The maximum atomic E-state index is 13.8. The number of rotatable bonds is 4. The second kappa shape index (κ2) is 5.38. The van der Waals surface area contributed by atoms with Crippen LogP contribution in [0.4, 0.5) is 4.39 Å². The average Bonchev–Trinajstić information content (AvgIpc) is 2.81. The van der Waals surface area contributed by atoms with Gasteiger partial charge in [0.25, 0.3) is 0 Å². The van der Waals surface area contributed by atoms with Crippen LogP contribution in [0.1, 0.15) is 31.2 Å². The standard InChI is InChI=1S/C14H18BrFO/c1-11-5-4-6-12(13(11)16)17-10-14(9-15)7-2-3-8-14/h4-6H,2-3,7-10H2,1H3. The van der Waals surface area contributed by atoms with Gasteiger partial charge in [0.1, 0.15) is 0 Å². The molecule has 1 aliphatic rings. The summed E-state index contributed by atoms with van der Waals surface area (Å²) in [4.78, 5) is 0. The number of benzene rings is 1. The lowest BCUT2D eigenvalue weighted by molar-refractivity contribution is 0.168. The quantitative estimate of drug-likeness (QED) is 0.746. The van der Waals surface area contributed by atoms with E-state index in [1.165, 1.54) is 25.7 Å². The van der Waals surface area contributed by atoms with E-state index in [-0.39, 0.29) is 11.2 Å². The Labute approximate surface area is 110 Å². The van der Waals surface area contributed by atoms with E-state index in [0.717, 1.165) is 5.33 Å². The Morgan fingerprint density at radius 2 is 2.06 bits per heavy atom. The number of hydrogen-bond donors (Lipinski definition) is 0. The molecule has 0 aromatic heterocycles. The van der Waals surface area contributed by atoms with Crippen LogP contribution in [0.5, 0.6) is 5.75 Å². The maximum Gasteiger partial charge on any atom is 0.167 e. The molecule has 17 heavy (non-hydrogen) atoms. The summed E-state index contributed by atoms with van der Waals surface area (Å²) in [5, 5.41) is 0.938. The van der Waals surface area contributed by atoms with Crippen molar-refractivity contribution in [1.82, 2.24) is 0 Å². The molecule has 94 valence electrons. The van der Waals surface area contributed by atoms with E-state index in [1.54, 1.807) is 19.1 Å². The van der Waals surface area contributed by atoms with Crippen molar-refractivity contribution < 1.29 is 9.13 Å². The Kier molecular flexibility index (Phi) is 4.08. The van der Waals surface area contributed by atoms with Gasteiger partial charge < -0.3 is 4.74 Å². The zero-order valence-electron chi connectivity index (χ0n) is 10.1. The van der Waals surface area contributed by atoms with Crippen molar-refractivity contribution in [3.63, 3.8) is 0 Å². The topological polar surface area (TPSA) is 9.23 Å². The first-order chi connectivity index (χ1) is 8.17. The minimum atomic E-state index is -0.227. The summed E-state index contributed by atoms with van der Waals surface area (Å²) in [7, 11) is 0. The molecule has 0 aliphatic heterocycles. The van der Waals surface area contributed by atoms with Crippen molar-refractivity contribution in [3.8, 4) is 5.75 Å². The van der Waals surface area contributed by atoms with Gasteiger partial charge >= 0.3 is 0 Å². The van der Waals surface area contributed by atoms with Gasteiger partial charge in [0.05, 0.1) is 6.61 Å². The van der Waals surface area contributed by atoms with E-state index in [1.807, 2.05) is 6.07 Å². The maximum absolute atomic E-state index is 13.8. The van der Waals surface area contributed by atoms with E-state index in [2.05, 4.69) is 15.9 Å². The summed E-state index contributed by atoms with van der Waals surface area (Å²) in [6.45, 7) is 2.37. The van der Waals surface area contributed by atoms with E-state index >= 15 is 0 Å². The van der Waals surface area contributed by atoms with Gasteiger partial charge in [-0.25, -0.2) is 4.39 Å². The number of hydrogen-bond acceptors (Lipinski definition) is 1. The normalized spacial score (nSPS) is 18.3. The monoisotopic (exact) mass is 300 g/mol. The Morgan fingerprint density at radius 3 is 2.71 bits per heavy atom. The minimum absolute atomic E-state index is 0.205. The Morgan fingerprint density at radius 1 is 1.35 bits per heavy atom. The van der Waals surface area contributed by atoms with E-state index < -0.39 is 0 Å².